The summed E-state index contributed by atoms with van der Waals surface area (Å²) >= 11 is 0. The molecular weight excluding hydrogens is 258 g/mol. The van der Waals surface area contributed by atoms with E-state index in [1.165, 1.54) is 0 Å². The Morgan fingerprint density at radius 3 is 2.60 bits per heavy atom. The van der Waals surface area contributed by atoms with Gasteiger partial charge in [0.05, 0.1) is 0 Å². The highest BCUT2D eigenvalue weighted by atomic mass is 79.9. The van der Waals surface area contributed by atoms with Crippen molar-refractivity contribution in [2.75, 3.05) is 13.1 Å². The van der Waals surface area contributed by atoms with Crippen LogP contribution in [-0.4, -0.2) is 29.8 Å². The summed E-state index contributed by atoms with van der Waals surface area (Å²) < 4.78 is 0. The summed E-state index contributed by atoms with van der Waals surface area (Å²) in [6.45, 7) is 1.72. The maximum atomic E-state index is 8.93. The van der Waals surface area contributed by atoms with E-state index >= 15 is 0 Å². The number of hydrogen-bond acceptors (Lipinski definition) is 3. The zero-order valence-electron chi connectivity index (χ0n) is 8.07. The molecule has 0 saturated carbocycles. The molecule has 0 bridgehead atoms. The van der Waals surface area contributed by atoms with Crippen LogP contribution in [0.3, 0.4) is 0 Å². The molecule has 5 heteroatoms. The van der Waals surface area contributed by atoms with Crippen LogP contribution in [-0.2, 0) is 0 Å². The summed E-state index contributed by atoms with van der Waals surface area (Å²) in [6, 6.07) is 9.57. The topological polar surface area (TPSA) is 58.6 Å². The van der Waals surface area contributed by atoms with Crippen molar-refractivity contribution in [3.63, 3.8) is 0 Å². The van der Waals surface area contributed by atoms with Crippen LogP contribution >= 0.6 is 0 Å². The van der Waals surface area contributed by atoms with E-state index in [9.17, 15) is 0 Å². The van der Waals surface area contributed by atoms with Gasteiger partial charge in [0.25, 0.3) is 5.84 Å². The van der Waals surface area contributed by atoms with E-state index in [1.54, 1.807) is 0 Å². The van der Waals surface area contributed by atoms with Gasteiger partial charge in [-0.1, -0.05) is 35.5 Å². The number of nitrogens with one attached hydrogen (secondary N) is 2. The summed E-state index contributed by atoms with van der Waals surface area (Å²) in [5.41, 5.74) is 1.45. The second kappa shape index (κ2) is 5.50. The minimum Gasteiger partial charge on any atom is -1.00 e. The molecule has 1 aliphatic heterocycles. The Labute approximate surface area is 98.5 Å². The quantitative estimate of drug-likeness (QED) is 0.291. The predicted molar refractivity (Wildman–Crippen MR) is 53.6 cm³/mol. The van der Waals surface area contributed by atoms with Crippen molar-refractivity contribution in [1.82, 2.24) is 5.32 Å². The molecule has 1 heterocycles. The summed E-state index contributed by atoms with van der Waals surface area (Å²) in [6.07, 6.45) is 0. The lowest BCUT2D eigenvalue weighted by Crippen LogP contribution is -3.00. The highest BCUT2D eigenvalue weighted by Crippen LogP contribution is 2.00. The summed E-state index contributed by atoms with van der Waals surface area (Å²) in [5, 5.41) is 15.3. The van der Waals surface area contributed by atoms with E-state index in [0.29, 0.717) is 5.71 Å². The minimum atomic E-state index is 0. The molecule has 0 unspecified atom stereocenters. The fourth-order valence-electron chi connectivity index (χ4n) is 1.45. The first-order valence-electron chi connectivity index (χ1n) is 4.54. The van der Waals surface area contributed by atoms with Crippen LogP contribution in [0.25, 0.3) is 0 Å². The maximum absolute atomic E-state index is 8.93. The van der Waals surface area contributed by atoms with Gasteiger partial charge in [-0.3, -0.25) is 10.3 Å². The number of nitrogens with zero attached hydrogens (tertiary/aromatic N) is 1. The lowest BCUT2D eigenvalue weighted by molar-refractivity contribution is -0.442. The van der Waals surface area contributed by atoms with E-state index in [4.69, 9.17) is 5.21 Å². The van der Waals surface area contributed by atoms with Gasteiger partial charge in [0.15, 0.2) is 5.71 Å². The molecule has 0 atom stereocenters. The monoisotopic (exact) mass is 269 g/mol. The van der Waals surface area contributed by atoms with Gasteiger partial charge in [-0.2, -0.15) is 0 Å². The van der Waals surface area contributed by atoms with Crippen LogP contribution in [0.4, 0.5) is 0 Å². The van der Waals surface area contributed by atoms with Crippen molar-refractivity contribution in [3.05, 3.63) is 35.9 Å². The molecule has 0 radical (unpaired) electrons. The average molecular weight is 270 g/mol. The van der Waals surface area contributed by atoms with Crippen molar-refractivity contribution in [3.8, 4) is 0 Å². The van der Waals surface area contributed by atoms with Crippen molar-refractivity contribution in [1.29, 1.82) is 0 Å². The van der Waals surface area contributed by atoms with Gasteiger partial charge >= 0.3 is 0 Å². The molecule has 0 saturated heterocycles. The highest BCUT2D eigenvalue weighted by Gasteiger charge is 2.21. The molecule has 1 aliphatic rings. The van der Waals surface area contributed by atoms with Gasteiger partial charge in [-0.05, 0) is 0 Å². The molecule has 2 rings (SSSR count). The second-order valence-corrected chi connectivity index (χ2v) is 3.04. The van der Waals surface area contributed by atoms with Crippen molar-refractivity contribution in [2.45, 2.75) is 0 Å². The van der Waals surface area contributed by atoms with Crippen LogP contribution in [0, 0.1) is 0 Å². The molecule has 4 nitrogen and oxygen atoms in total. The molecular formula is C10H12BrN3O. The Kier molecular flexibility index (Phi) is 4.30. The summed E-state index contributed by atoms with van der Waals surface area (Å²) in [4.78, 5) is 3.12. The van der Waals surface area contributed by atoms with Gasteiger partial charge in [0, 0.05) is 5.56 Å². The Morgan fingerprint density at radius 1 is 1.33 bits per heavy atom. The molecule has 3 N–H and O–H groups in total. The maximum Gasteiger partial charge on any atom is 0.298 e. The number of benzene rings is 1. The molecule has 0 aromatic heterocycles. The fraction of sp³-hybridized carbons (Fsp3) is 0.200. The standard InChI is InChI=1S/C10H11N3O.BrH/c14-13-9(10-11-6-7-12-10)8-4-2-1-3-5-8;/h1-5,14H,6-7H2,(H,11,12);1H/b13-9-;. The summed E-state index contributed by atoms with van der Waals surface area (Å²) in [7, 11) is 0. The fourth-order valence-corrected chi connectivity index (χ4v) is 1.45. The molecule has 1 aromatic carbocycles. The number of rotatable bonds is 2. The number of halogens is 1. The normalized spacial score (nSPS) is 15.2. The molecule has 80 valence electrons. The van der Waals surface area contributed by atoms with Crippen LogP contribution in [0.2, 0.25) is 0 Å². The first-order chi connectivity index (χ1) is 6.92. The Bertz CT molecular complexity index is 376. The highest BCUT2D eigenvalue weighted by molar-refractivity contribution is 6.45. The molecule has 15 heavy (non-hydrogen) atoms. The molecule has 1 aromatic rings. The van der Waals surface area contributed by atoms with Gasteiger partial charge in [-0.25, -0.2) is 0 Å². The largest absolute Gasteiger partial charge is 1.00 e. The first kappa shape index (κ1) is 11.7. The molecule has 0 aliphatic carbocycles. The minimum absolute atomic E-state index is 0. The lowest BCUT2D eigenvalue weighted by Gasteiger charge is -1.99. The van der Waals surface area contributed by atoms with Crippen molar-refractivity contribution in [2.24, 2.45) is 5.16 Å². The van der Waals surface area contributed by atoms with Crippen LogP contribution in [0.5, 0.6) is 0 Å². The molecule has 0 amide bonds. The van der Waals surface area contributed by atoms with E-state index in [1.807, 2.05) is 30.3 Å². The Hall–Kier alpha value is -1.36. The third-order valence-corrected chi connectivity index (χ3v) is 2.11. The third-order valence-electron chi connectivity index (χ3n) is 2.11. The SMILES string of the molecule is O/N=C(\C1=[NH+]CCN1)c1ccccc1.[Br-]. The van der Waals surface area contributed by atoms with Crippen LogP contribution in [0.1, 0.15) is 5.56 Å². The zero-order chi connectivity index (χ0) is 9.80. The van der Waals surface area contributed by atoms with Crippen LogP contribution < -0.4 is 27.3 Å². The Balaban J connectivity index is 0.00000112. The Morgan fingerprint density at radius 2 is 2.07 bits per heavy atom. The van der Waals surface area contributed by atoms with Crippen LogP contribution in [0.15, 0.2) is 35.5 Å². The van der Waals surface area contributed by atoms with E-state index in [2.05, 4.69) is 15.5 Å². The number of oxime groups is 1. The summed E-state index contributed by atoms with van der Waals surface area (Å²) in [5.74, 6) is 0.790. The van der Waals surface area contributed by atoms with E-state index in [-0.39, 0.29) is 17.0 Å². The van der Waals surface area contributed by atoms with Gasteiger partial charge in [0.2, 0.25) is 0 Å². The number of hydrogen-bond donors (Lipinski definition) is 3. The van der Waals surface area contributed by atoms with Gasteiger partial charge in [-0.15, -0.1) is 0 Å². The molecule has 0 fully saturated rings. The van der Waals surface area contributed by atoms with E-state index in [0.717, 1.165) is 24.5 Å². The van der Waals surface area contributed by atoms with Gasteiger partial charge < -0.3 is 22.2 Å². The van der Waals surface area contributed by atoms with Crippen molar-refractivity contribution < 1.29 is 27.2 Å². The van der Waals surface area contributed by atoms with Crippen molar-refractivity contribution >= 4 is 11.5 Å². The third kappa shape index (κ3) is 2.56. The van der Waals surface area contributed by atoms with Gasteiger partial charge in [0.1, 0.15) is 13.1 Å². The average Bonchev–Trinajstić information content (AvgIpc) is 2.74. The smallest absolute Gasteiger partial charge is 0.298 e. The lowest BCUT2D eigenvalue weighted by atomic mass is 10.1. The first-order valence-corrected chi connectivity index (χ1v) is 4.54. The second-order valence-electron chi connectivity index (χ2n) is 3.04. The zero-order valence-corrected chi connectivity index (χ0v) is 9.66. The van der Waals surface area contributed by atoms with E-state index < -0.39 is 0 Å². The molecule has 0 spiro atoms. The predicted octanol–water partition coefficient (Wildman–Crippen LogP) is -4.05. The number of amidine groups is 1.